The highest BCUT2D eigenvalue weighted by Gasteiger charge is 2.26. The molecule has 0 saturated carbocycles. The van der Waals surface area contributed by atoms with Crippen molar-refractivity contribution < 1.29 is 0 Å². The van der Waals surface area contributed by atoms with Crippen molar-refractivity contribution in [3.05, 3.63) is 33.8 Å². The van der Waals surface area contributed by atoms with Gasteiger partial charge in [0.05, 0.1) is 6.54 Å². The van der Waals surface area contributed by atoms with Crippen LogP contribution in [0.25, 0.3) is 0 Å². The Hall–Kier alpha value is -0.930. The first-order valence-corrected chi connectivity index (χ1v) is 7.58. The largest absolute Gasteiger partial charge is 0.370 e. The Bertz CT molecular complexity index is 460. The van der Waals surface area contributed by atoms with E-state index in [1.54, 1.807) is 0 Å². The first-order chi connectivity index (χ1) is 9.33. The van der Waals surface area contributed by atoms with Crippen molar-refractivity contribution in [1.29, 1.82) is 0 Å². The summed E-state index contributed by atoms with van der Waals surface area (Å²) in [6, 6.07) is 5.54. The molecule has 1 aromatic rings. The average molecular weight is 316 g/mol. The van der Waals surface area contributed by atoms with E-state index >= 15 is 0 Å². The topological polar surface area (TPSA) is 41.6 Å². The van der Waals surface area contributed by atoms with E-state index in [9.17, 15) is 0 Å². The van der Waals surface area contributed by atoms with Gasteiger partial charge in [0.2, 0.25) is 0 Å². The van der Waals surface area contributed by atoms with E-state index in [-0.39, 0.29) is 5.41 Å². The van der Waals surface area contributed by atoms with Gasteiger partial charge < -0.3 is 10.6 Å². The molecule has 112 valence electrons. The van der Waals surface area contributed by atoms with E-state index in [2.05, 4.69) is 32.7 Å². The molecule has 0 atom stereocenters. The summed E-state index contributed by atoms with van der Waals surface area (Å²) in [6.45, 7) is 10.5. The predicted molar refractivity (Wildman–Crippen MR) is 88.9 cm³/mol. The number of aliphatic imine (C=N–C) groups is 1. The SMILES string of the molecule is CCN(CC)C(N)=NCC(C)(C)c1c(Cl)cccc1Cl. The van der Waals surface area contributed by atoms with Crippen molar-refractivity contribution in [3.63, 3.8) is 0 Å². The summed E-state index contributed by atoms with van der Waals surface area (Å²) < 4.78 is 0. The van der Waals surface area contributed by atoms with E-state index in [1.165, 1.54) is 0 Å². The highest BCUT2D eigenvalue weighted by Crippen LogP contribution is 2.35. The molecule has 0 radical (unpaired) electrons. The summed E-state index contributed by atoms with van der Waals surface area (Å²) in [7, 11) is 0. The van der Waals surface area contributed by atoms with Crippen LogP contribution in [0.15, 0.2) is 23.2 Å². The van der Waals surface area contributed by atoms with Crippen LogP contribution in [-0.4, -0.2) is 30.5 Å². The lowest BCUT2D eigenvalue weighted by molar-refractivity contribution is 0.451. The zero-order chi connectivity index (χ0) is 15.3. The highest BCUT2D eigenvalue weighted by atomic mass is 35.5. The number of halogens is 2. The standard InChI is InChI=1S/C15H23Cl2N3/c1-5-20(6-2)14(18)19-10-15(3,4)13-11(16)8-7-9-12(13)17/h7-9H,5-6,10H2,1-4H3,(H2,18,19). The fraction of sp³-hybridized carbons (Fsp3) is 0.533. The predicted octanol–water partition coefficient (Wildman–Crippen LogP) is 3.93. The molecule has 3 nitrogen and oxygen atoms in total. The molecule has 20 heavy (non-hydrogen) atoms. The van der Waals surface area contributed by atoms with Crippen molar-refractivity contribution in [2.24, 2.45) is 10.7 Å². The first kappa shape index (κ1) is 17.1. The molecule has 1 rings (SSSR count). The fourth-order valence-corrected chi connectivity index (χ4v) is 3.06. The summed E-state index contributed by atoms with van der Waals surface area (Å²) in [4.78, 5) is 6.52. The number of hydrogen-bond acceptors (Lipinski definition) is 1. The van der Waals surface area contributed by atoms with Crippen LogP contribution in [0.1, 0.15) is 33.3 Å². The molecule has 0 aliphatic carbocycles. The zero-order valence-electron chi connectivity index (χ0n) is 12.6. The van der Waals surface area contributed by atoms with Gasteiger partial charge in [0, 0.05) is 28.5 Å². The van der Waals surface area contributed by atoms with Gasteiger partial charge in [-0.25, -0.2) is 0 Å². The maximum atomic E-state index is 6.27. The Morgan fingerprint density at radius 1 is 1.20 bits per heavy atom. The first-order valence-electron chi connectivity index (χ1n) is 6.82. The fourth-order valence-electron chi connectivity index (χ4n) is 2.15. The minimum Gasteiger partial charge on any atom is -0.370 e. The molecule has 5 heteroatoms. The molecule has 0 fully saturated rings. The van der Waals surface area contributed by atoms with Gasteiger partial charge in [-0.3, -0.25) is 4.99 Å². The second kappa shape index (κ2) is 7.19. The molecule has 0 bridgehead atoms. The van der Waals surface area contributed by atoms with Gasteiger partial charge in [0.15, 0.2) is 5.96 Å². The Labute approximate surface area is 131 Å². The third kappa shape index (κ3) is 4.03. The molecule has 2 N–H and O–H groups in total. The molecule has 0 amide bonds. The lowest BCUT2D eigenvalue weighted by atomic mass is 9.84. The highest BCUT2D eigenvalue weighted by molar-refractivity contribution is 6.36. The molecular weight excluding hydrogens is 293 g/mol. The van der Waals surface area contributed by atoms with Gasteiger partial charge in [0.25, 0.3) is 0 Å². The van der Waals surface area contributed by atoms with Crippen LogP contribution < -0.4 is 5.73 Å². The van der Waals surface area contributed by atoms with E-state index in [1.807, 2.05) is 23.1 Å². The number of guanidine groups is 1. The summed E-state index contributed by atoms with van der Waals surface area (Å²) in [6.07, 6.45) is 0. The smallest absolute Gasteiger partial charge is 0.191 e. The van der Waals surface area contributed by atoms with Crippen LogP contribution in [0, 0.1) is 0 Å². The minimum absolute atomic E-state index is 0.271. The Morgan fingerprint density at radius 3 is 2.15 bits per heavy atom. The normalized spacial score (nSPS) is 12.6. The molecule has 0 heterocycles. The Balaban J connectivity index is 2.98. The van der Waals surface area contributed by atoms with Crippen LogP contribution in [0.5, 0.6) is 0 Å². The maximum absolute atomic E-state index is 6.27. The third-order valence-corrected chi connectivity index (χ3v) is 3.99. The van der Waals surface area contributed by atoms with Crippen LogP contribution >= 0.6 is 23.2 Å². The van der Waals surface area contributed by atoms with Crippen molar-refractivity contribution in [3.8, 4) is 0 Å². The van der Waals surface area contributed by atoms with E-state index in [0.29, 0.717) is 22.5 Å². The average Bonchev–Trinajstić information content (AvgIpc) is 2.37. The number of benzene rings is 1. The number of nitrogens with zero attached hydrogens (tertiary/aromatic N) is 2. The van der Waals surface area contributed by atoms with Crippen LogP contribution in [0.4, 0.5) is 0 Å². The number of rotatable bonds is 5. The molecule has 0 spiro atoms. The van der Waals surface area contributed by atoms with Crippen LogP contribution in [-0.2, 0) is 5.41 Å². The Kier molecular flexibility index (Phi) is 6.15. The van der Waals surface area contributed by atoms with Crippen molar-refractivity contribution in [2.75, 3.05) is 19.6 Å². The molecular formula is C15H23Cl2N3. The lowest BCUT2D eigenvalue weighted by Crippen LogP contribution is -2.38. The maximum Gasteiger partial charge on any atom is 0.191 e. The summed E-state index contributed by atoms with van der Waals surface area (Å²) in [5, 5.41) is 1.33. The number of hydrogen-bond donors (Lipinski definition) is 1. The number of nitrogens with two attached hydrogens (primary N) is 1. The van der Waals surface area contributed by atoms with E-state index in [4.69, 9.17) is 28.9 Å². The second-order valence-electron chi connectivity index (χ2n) is 5.33. The van der Waals surface area contributed by atoms with Gasteiger partial charge in [0.1, 0.15) is 0 Å². The van der Waals surface area contributed by atoms with Crippen LogP contribution in [0.2, 0.25) is 10.0 Å². The molecule has 0 unspecified atom stereocenters. The second-order valence-corrected chi connectivity index (χ2v) is 6.14. The summed E-state index contributed by atoms with van der Waals surface area (Å²) in [5.41, 5.74) is 6.66. The molecule has 0 saturated heterocycles. The Morgan fingerprint density at radius 2 is 1.70 bits per heavy atom. The van der Waals surface area contributed by atoms with Gasteiger partial charge in [-0.1, -0.05) is 43.1 Å². The lowest BCUT2D eigenvalue weighted by Gasteiger charge is -2.27. The van der Waals surface area contributed by atoms with Gasteiger partial charge in [-0.2, -0.15) is 0 Å². The molecule has 1 aromatic carbocycles. The van der Waals surface area contributed by atoms with Crippen molar-refractivity contribution in [1.82, 2.24) is 4.90 Å². The van der Waals surface area contributed by atoms with Crippen LogP contribution in [0.3, 0.4) is 0 Å². The minimum atomic E-state index is -0.271. The summed E-state index contributed by atoms with van der Waals surface area (Å²) >= 11 is 12.5. The van der Waals surface area contributed by atoms with Crippen molar-refractivity contribution in [2.45, 2.75) is 33.1 Å². The van der Waals surface area contributed by atoms with Crippen molar-refractivity contribution >= 4 is 29.2 Å². The zero-order valence-corrected chi connectivity index (χ0v) is 14.1. The van der Waals surface area contributed by atoms with E-state index < -0.39 is 0 Å². The van der Waals surface area contributed by atoms with E-state index in [0.717, 1.165) is 18.7 Å². The molecule has 0 aliphatic rings. The van der Waals surface area contributed by atoms with Gasteiger partial charge >= 0.3 is 0 Å². The third-order valence-electron chi connectivity index (χ3n) is 3.36. The monoisotopic (exact) mass is 315 g/mol. The molecule has 0 aliphatic heterocycles. The van der Waals surface area contributed by atoms with Gasteiger partial charge in [-0.05, 0) is 31.5 Å². The van der Waals surface area contributed by atoms with Gasteiger partial charge in [-0.15, -0.1) is 0 Å². The molecule has 0 aromatic heterocycles. The summed E-state index contributed by atoms with van der Waals surface area (Å²) in [5.74, 6) is 0.561. The quantitative estimate of drug-likeness (QED) is 0.660.